The van der Waals surface area contributed by atoms with Crippen molar-refractivity contribution in [1.29, 1.82) is 0 Å². The lowest BCUT2D eigenvalue weighted by Gasteiger charge is -2.44. The van der Waals surface area contributed by atoms with Gasteiger partial charge < -0.3 is 10.2 Å². The summed E-state index contributed by atoms with van der Waals surface area (Å²) in [4.78, 5) is 15.5. The van der Waals surface area contributed by atoms with Crippen molar-refractivity contribution in [2.45, 2.75) is 38.6 Å². The Bertz CT molecular complexity index is 526. The van der Waals surface area contributed by atoms with Crippen LogP contribution in [0, 0.1) is 5.92 Å². The van der Waals surface area contributed by atoms with Gasteiger partial charge in [0.2, 0.25) is 5.91 Å². The second-order valence-electron chi connectivity index (χ2n) is 5.83. The lowest BCUT2D eigenvalue weighted by atomic mass is 9.85. The highest BCUT2D eigenvalue weighted by atomic mass is 32.1. The normalized spacial score (nSPS) is 27.4. The van der Waals surface area contributed by atoms with Gasteiger partial charge in [-0.15, -0.1) is 11.3 Å². The minimum absolute atomic E-state index is 0.162. The first-order chi connectivity index (χ1) is 9.04. The largest absolute Gasteiger partial charge is 0.360 e. The van der Waals surface area contributed by atoms with Crippen LogP contribution in [-0.2, 0) is 10.3 Å². The van der Waals surface area contributed by atoms with Crippen LogP contribution in [-0.4, -0.2) is 17.9 Å². The van der Waals surface area contributed by atoms with Gasteiger partial charge in [-0.1, -0.05) is 6.07 Å². The summed E-state index contributed by atoms with van der Waals surface area (Å²) in [6.45, 7) is 4.12. The average Bonchev–Trinajstić information content (AvgIpc) is 3.08. The summed E-state index contributed by atoms with van der Waals surface area (Å²) in [5.41, 5.74) is 1.00. The standard InChI is InChI=1S/C15H20N2OS/c1-10(2)14-16-15(11-6-7-11,9-13(18)17(14)3)12-5-4-8-19-12/h4-5,8,11,16H,6-7,9H2,1-3H3. The van der Waals surface area contributed by atoms with Crippen molar-refractivity contribution < 1.29 is 4.79 Å². The Labute approximate surface area is 118 Å². The number of allylic oxidation sites excluding steroid dienone is 1. The van der Waals surface area contributed by atoms with Crippen LogP contribution in [0.15, 0.2) is 28.9 Å². The van der Waals surface area contributed by atoms with Crippen LogP contribution < -0.4 is 5.32 Å². The van der Waals surface area contributed by atoms with Crippen molar-refractivity contribution in [3.63, 3.8) is 0 Å². The lowest BCUT2D eigenvalue weighted by Crippen LogP contribution is -2.55. The molecule has 102 valence electrons. The van der Waals surface area contributed by atoms with E-state index in [1.807, 2.05) is 7.05 Å². The van der Waals surface area contributed by atoms with Crippen LogP contribution in [0.4, 0.5) is 0 Å². The molecule has 1 atom stereocenters. The number of nitrogens with zero attached hydrogens (tertiary/aromatic N) is 1. The third kappa shape index (κ3) is 1.98. The van der Waals surface area contributed by atoms with Gasteiger partial charge >= 0.3 is 0 Å². The highest BCUT2D eigenvalue weighted by Crippen LogP contribution is 2.51. The Kier molecular flexibility index (Phi) is 2.93. The highest BCUT2D eigenvalue weighted by molar-refractivity contribution is 7.10. The number of hydrogen-bond acceptors (Lipinski definition) is 3. The molecule has 1 aliphatic carbocycles. The molecule has 1 aliphatic heterocycles. The second kappa shape index (κ2) is 4.37. The van der Waals surface area contributed by atoms with Crippen LogP contribution in [0.25, 0.3) is 0 Å². The smallest absolute Gasteiger partial charge is 0.230 e. The number of thiophene rings is 1. The Balaban J connectivity index is 2.06. The minimum atomic E-state index is -0.162. The van der Waals surface area contributed by atoms with Crippen molar-refractivity contribution >= 4 is 17.2 Å². The van der Waals surface area contributed by atoms with Gasteiger partial charge in [0.15, 0.2) is 0 Å². The summed E-state index contributed by atoms with van der Waals surface area (Å²) >= 11 is 1.76. The monoisotopic (exact) mass is 276 g/mol. The first-order valence-corrected chi connectivity index (χ1v) is 7.69. The van der Waals surface area contributed by atoms with Gasteiger partial charge in [-0.25, -0.2) is 0 Å². The highest BCUT2D eigenvalue weighted by Gasteiger charge is 2.52. The van der Waals surface area contributed by atoms with E-state index < -0.39 is 0 Å². The minimum Gasteiger partial charge on any atom is -0.360 e. The van der Waals surface area contributed by atoms with E-state index in [2.05, 4.69) is 36.7 Å². The molecule has 0 aromatic carbocycles. The van der Waals surface area contributed by atoms with E-state index in [0.29, 0.717) is 12.3 Å². The fraction of sp³-hybridized carbons (Fsp3) is 0.533. The maximum absolute atomic E-state index is 12.4. The predicted octanol–water partition coefficient (Wildman–Crippen LogP) is 3.06. The molecule has 0 spiro atoms. The molecule has 1 N–H and O–H groups in total. The number of carbonyl (C=O) groups is 1. The third-order valence-electron chi connectivity index (χ3n) is 4.19. The van der Waals surface area contributed by atoms with Crippen LogP contribution in [0.1, 0.15) is 38.0 Å². The zero-order valence-corrected chi connectivity index (χ0v) is 12.5. The number of amides is 1. The van der Waals surface area contributed by atoms with Gasteiger partial charge in [0.05, 0.1) is 12.0 Å². The van der Waals surface area contributed by atoms with E-state index in [1.54, 1.807) is 16.2 Å². The molecule has 1 aromatic rings. The first-order valence-electron chi connectivity index (χ1n) is 6.81. The zero-order valence-electron chi connectivity index (χ0n) is 11.7. The molecule has 1 saturated heterocycles. The Hall–Kier alpha value is -1.29. The Morgan fingerprint density at radius 1 is 1.47 bits per heavy atom. The van der Waals surface area contributed by atoms with Crippen LogP contribution >= 0.6 is 11.3 Å². The van der Waals surface area contributed by atoms with Gasteiger partial charge in [0, 0.05) is 11.9 Å². The van der Waals surface area contributed by atoms with Crippen molar-refractivity contribution in [1.82, 2.24) is 10.2 Å². The number of rotatable bonds is 2. The molecule has 2 fully saturated rings. The lowest BCUT2D eigenvalue weighted by molar-refractivity contribution is -0.133. The molecule has 0 radical (unpaired) electrons. The number of carbonyl (C=O) groups excluding carboxylic acids is 1. The van der Waals surface area contributed by atoms with E-state index >= 15 is 0 Å². The van der Waals surface area contributed by atoms with E-state index in [9.17, 15) is 4.79 Å². The Morgan fingerprint density at radius 2 is 2.21 bits per heavy atom. The van der Waals surface area contributed by atoms with Crippen LogP contribution in [0.5, 0.6) is 0 Å². The summed E-state index contributed by atoms with van der Waals surface area (Å²) < 4.78 is 0. The molecule has 3 rings (SSSR count). The van der Waals surface area contributed by atoms with E-state index in [-0.39, 0.29) is 11.4 Å². The molecular formula is C15H20N2OS. The maximum Gasteiger partial charge on any atom is 0.230 e. The van der Waals surface area contributed by atoms with Crippen LogP contribution in [0.2, 0.25) is 0 Å². The fourth-order valence-electron chi connectivity index (χ4n) is 2.99. The molecule has 1 amide bonds. The van der Waals surface area contributed by atoms with Gasteiger partial charge in [-0.2, -0.15) is 0 Å². The average molecular weight is 276 g/mol. The maximum atomic E-state index is 12.4. The summed E-state index contributed by atoms with van der Waals surface area (Å²) in [7, 11) is 1.86. The van der Waals surface area contributed by atoms with Crippen LogP contribution in [0.3, 0.4) is 0 Å². The molecule has 4 heteroatoms. The quantitative estimate of drug-likeness (QED) is 0.900. The van der Waals surface area contributed by atoms with Crippen molar-refractivity contribution in [2.24, 2.45) is 5.92 Å². The molecule has 0 bridgehead atoms. The van der Waals surface area contributed by atoms with Gasteiger partial charge in [-0.05, 0) is 49.6 Å². The molecule has 1 aromatic heterocycles. The van der Waals surface area contributed by atoms with E-state index in [0.717, 1.165) is 11.4 Å². The molecule has 2 aliphatic rings. The van der Waals surface area contributed by atoms with E-state index in [4.69, 9.17) is 0 Å². The topological polar surface area (TPSA) is 32.3 Å². The molecule has 1 saturated carbocycles. The van der Waals surface area contributed by atoms with Gasteiger partial charge in [-0.3, -0.25) is 4.79 Å². The molecular weight excluding hydrogens is 256 g/mol. The fourth-order valence-corrected chi connectivity index (χ4v) is 3.95. The second-order valence-corrected chi connectivity index (χ2v) is 6.77. The zero-order chi connectivity index (χ0) is 13.6. The predicted molar refractivity (Wildman–Crippen MR) is 77.6 cm³/mol. The van der Waals surface area contributed by atoms with Gasteiger partial charge in [0.1, 0.15) is 5.82 Å². The van der Waals surface area contributed by atoms with E-state index in [1.165, 1.54) is 17.7 Å². The number of nitrogens with one attached hydrogen (secondary N) is 1. The summed E-state index contributed by atoms with van der Waals surface area (Å²) in [6.07, 6.45) is 3.02. The SMILES string of the molecule is CC(C)=C1NC(c2cccs2)(C2CC2)CC(=O)N1C. The number of hydrogen-bond donors (Lipinski definition) is 1. The van der Waals surface area contributed by atoms with Gasteiger partial charge in [0.25, 0.3) is 0 Å². The third-order valence-corrected chi connectivity index (χ3v) is 5.24. The van der Waals surface area contributed by atoms with Crippen molar-refractivity contribution in [2.75, 3.05) is 7.05 Å². The molecule has 1 unspecified atom stereocenters. The van der Waals surface area contributed by atoms with Crippen molar-refractivity contribution in [3.8, 4) is 0 Å². The Morgan fingerprint density at radius 3 is 2.74 bits per heavy atom. The van der Waals surface area contributed by atoms with Crippen molar-refractivity contribution in [3.05, 3.63) is 33.8 Å². The summed E-state index contributed by atoms with van der Waals surface area (Å²) in [5, 5.41) is 5.81. The molecule has 19 heavy (non-hydrogen) atoms. The first kappa shape index (κ1) is 12.7. The summed E-state index contributed by atoms with van der Waals surface area (Å²) in [6, 6.07) is 4.24. The summed E-state index contributed by atoms with van der Waals surface area (Å²) in [5.74, 6) is 1.80. The molecule has 3 nitrogen and oxygen atoms in total. The molecule has 2 heterocycles.